The molecular formula is C13H16FN5O. The molecule has 2 aromatic rings. The Hall–Kier alpha value is -2.31. The molecule has 2 N–H and O–H groups in total. The molecule has 106 valence electrons. The molecular weight excluding hydrogens is 261 g/mol. The largest absolute Gasteiger partial charge is 0.342 e. The number of halogens is 1. The van der Waals surface area contributed by atoms with Gasteiger partial charge in [0.05, 0.1) is 6.04 Å². The standard InChI is InChI=1S/C13H16FN5O/c1-13(2,3)10(8-4-6-9(14)7-5-8)15-12(20)11-16-18-19-17-11/h4-7,10H,1-3H3,(H,15,20)(H,16,17,18,19). The van der Waals surface area contributed by atoms with Crippen LogP contribution in [0.5, 0.6) is 0 Å². The van der Waals surface area contributed by atoms with Gasteiger partial charge in [-0.15, -0.1) is 10.2 Å². The SMILES string of the molecule is CC(C)(C)C(NC(=O)c1nn[nH]n1)c1ccc(F)cc1. The number of aromatic nitrogens is 4. The molecule has 0 aliphatic rings. The Bertz CT molecular complexity index is 574. The predicted octanol–water partition coefficient (Wildman–Crippen LogP) is 1.86. The van der Waals surface area contributed by atoms with E-state index in [1.165, 1.54) is 12.1 Å². The maximum Gasteiger partial charge on any atom is 0.293 e. The van der Waals surface area contributed by atoms with Crippen LogP contribution in [0.3, 0.4) is 0 Å². The van der Waals surface area contributed by atoms with Crippen LogP contribution in [0.4, 0.5) is 4.39 Å². The zero-order chi connectivity index (χ0) is 14.8. The van der Waals surface area contributed by atoms with Gasteiger partial charge in [-0.3, -0.25) is 4.79 Å². The van der Waals surface area contributed by atoms with Gasteiger partial charge in [-0.05, 0) is 28.3 Å². The van der Waals surface area contributed by atoms with Gasteiger partial charge in [-0.2, -0.15) is 5.21 Å². The normalized spacial score (nSPS) is 13.0. The highest BCUT2D eigenvalue weighted by Crippen LogP contribution is 2.32. The zero-order valence-electron chi connectivity index (χ0n) is 11.5. The summed E-state index contributed by atoms with van der Waals surface area (Å²) in [5.41, 5.74) is 0.563. The van der Waals surface area contributed by atoms with Gasteiger partial charge in [0.15, 0.2) is 0 Å². The highest BCUT2D eigenvalue weighted by Gasteiger charge is 2.29. The number of rotatable bonds is 3. The summed E-state index contributed by atoms with van der Waals surface area (Å²) in [6, 6.07) is 5.75. The van der Waals surface area contributed by atoms with Crippen LogP contribution in [0.25, 0.3) is 0 Å². The molecule has 0 spiro atoms. The molecule has 0 saturated carbocycles. The van der Waals surface area contributed by atoms with Crippen LogP contribution in [0.2, 0.25) is 0 Å². The van der Waals surface area contributed by atoms with Crippen molar-refractivity contribution in [3.63, 3.8) is 0 Å². The number of H-pyrrole nitrogens is 1. The van der Waals surface area contributed by atoms with E-state index < -0.39 is 5.91 Å². The van der Waals surface area contributed by atoms with E-state index in [4.69, 9.17) is 0 Å². The summed E-state index contributed by atoms with van der Waals surface area (Å²) in [6.07, 6.45) is 0. The third kappa shape index (κ3) is 3.17. The summed E-state index contributed by atoms with van der Waals surface area (Å²) in [4.78, 5) is 12.0. The Morgan fingerprint density at radius 3 is 2.45 bits per heavy atom. The summed E-state index contributed by atoms with van der Waals surface area (Å²) in [5.74, 6) is -0.768. The first-order chi connectivity index (χ1) is 9.38. The molecule has 1 aromatic heterocycles. The predicted molar refractivity (Wildman–Crippen MR) is 70.2 cm³/mol. The van der Waals surface area contributed by atoms with E-state index in [9.17, 15) is 9.18 Å². The van der Waals surface area contributed by atoms with Gasteiger partial charge < -0.3 is 5.32 Å². The van der Waals surface area contributed by atoms with Crippen molar-refractivity contribution in [2.75, 3.05) is 0 Å². The number of benzene rings is 1. The maximum absolute atomic E-state index is 13.0. The second-order valence-corrected chi connectivity index (χ2v) is 5.56. The summed E-state index contributed by atoms with van der Waals surface area (Å²) >= 11 is 0. The lowest BCUT2D eigenvalue weighted by Gasteiger charge is -2.31. The van der Waals surface area contributed by atoms with Crippen molar-refractivity contribution in [2.45, 2.75) is 26.8 Å². The second-order valence-electron chi connectivity index (χ2n) is 5.56. The van der Waals surface area contributed by atoms with Crippen LogP contribution in [-0.2, 0) is 0 Å². The van der Waals surface area contributed by atoms with Gasteiger partial charge in [0, 0.05) is 0 Å². The molecule has 20 heavy (non-hydrogen) atoms. The first-order valence-electron chi connectivity index (χ1n) is 6.17. The average molecular weight is 277 g/mol. The minimum absolute atomic E-state index is 0.0265. The smallest absolute Gasteiger partial charge is 0.293 e. The van der Waals surface area contributed by atoms with Crippen LogP contribution in [-0.4, -0.2) is 26.5 Å². The van der Waals surface area contributed by atoms with Gasteiger partial charge in [0.25, 0.3) is 11.7 Å². The van der Waals surface area contributed by atoms with E-state index in [1.54, 1.807) is 12.1 Å². The Labute approximate surface area is 115 Å². The molecule has 6 nitrogen and oxygen atoms in total. The van der Waals surface area contributed by atoms with E-state index in [0.29, 0.717) is 0 Å². The zero-order valence-corrected chi connectivity index (χ0v) is 11.5. The highest BCUT2D eigenvalue weighted by molar-refractivity contribution is 5.90. The summed E-state index contributed by atoms with van der Waals surface area (Å²) in [5, 5.41) is 15.7. The molecule has 1 aromatic carbocycles. The molecule has 0 aliphatic carbocycles. The van der Waals surface area contributed by atoms with Crippen molar-refractivity contribution in [3.05, 3.63) is 41.5 Å². The molecule has 0 saturated heterocycles. The quantitative estimate of drug-likeness (QED) is 0.897. The van der Waals surface area contributed by atoms with Crippen molar-refractivity contribution >= 4 is 5.91 Å². The van der Waals surface area contributed by atoms with Crippen molar-refractivity contribution in [3.8, 4) is 0 Å². The Balaban J connectivity index is 2.25. The van der Waals surface area contributed by atoms with Crippen LogP contribution in [0.15, 0.2) is 24.3 Å². The minimum Gasteiger partial charge on any atom is -0.342 e. The van der Waals surface area contributed by atoms with Crippen LogP contribution >= 0.6 is 0 Å². The monoisotopic (exact) mass is 277 g/mol. The first kappa shape index (κ1) is 14.1. The topological polar surface area (TPSA) is 83.6 Å². The fraction of sp³-hybridized carbons (Fsp3) is 0.385. The number of tetrazole rings is 1. The lowest BCUT2D eigenvalue weighted by Crippen LogP contribution is -2.37. The number of amides is 1. The van der Waals surface area contributed by atoms with Crippen LogP contribution in [0.1, 0.15) is 43.0 Å². The molecule has 2 rings (SSSR count). The van der Waals surface area contributed by atoms with Gasteiger partial charge in [0.1, 0.15) is 5.82 Å². The third-order valence-electron chi connectivity index (χ3n) is 2.89. The average Bonchev–Trinajstić information content (AvgIpc) is 2.89. The summed E-state index contributed by atoms with van der Waals surface area (Å²) in [7, 11) is 0. The molecule has 1 atom stereocenters. The van der Waals surface area contributed by atoms with E-state index in [2.05, 4.69) is 25.9 Å². The number of nitrogens with zero attached hydrogens (tertiary/aromatic N) is 3. The Morgan fingerprint density at radius 1 is 1.30 bits per heavy atom. The number of carbonyl (C=O) groups excluding carboxylic acids is 1. The molecule has 0 aliphatic heterocycles. The van der Waals surface area contributed by atoms with Gasteiger partial charge in [0.2, 0.25) is 0 Å². The van der Waals surface area contributed by atoms with Gasteiger partial charge >= 0.3 is 0 Å². The second kappa shape index (κ2) is 5.36. The van der Waals surface area contributed by atoms with Gasteiger partial charge in [-0.25, -0.2) is 4.39 Å². The van der Waals surface area contributed by atoms with E-state index in [1.807, 2.05) is 20.8 Å². The van der Waals surface area contributed by atoms with Gasteiger partial charge in [-0.1, -0.05) is 32.9 Å². The lowest BCUT2D eigenvalue weighted by molar-refractivity contribution is 0.0891. The van der Waals surface area contributed by atoms with E-state index in [0.717, 1.165) is 5.56 Å². The molecule has 7 heteroatoms. The van der Waals surface area contributed by atoms with Crippen LogP contribution in [0, 0.1) is 11.2 Å². The Kier molecular flexibility index (Phi) is 3.78. The summed E-state index contributed by atoms with van der Waals surface area (Å²) in [6.45, 7) is 5.95. The molecule has 1 amide bonds. The fourth-order valence-electron chi connectivity index (χ4n) is 1.91. The van der Waals surface area contributed by atoms with Crippen LogP contribution < -0.4 is 5.32 Å². The Morgan fingerprint density at radius 2 is 1.95 bits per heavy atom. The number of carbonyl (C=O) groups is 1. The van der Waals surface area contributed by atoms with Crippen molar-refractivity contribution in [2.24, 2.45) is 5.41 Å². The van der Waals surface area contributed by atoms with Crippen molar-refractivity contribution in [1.29, 1.82) is 0 Å². The highest BCUT2D eigenvalue weighted by atomic mass is 19.1. The summed E-state index contributed by atoms with van der Waals surface area (Å²) < 4.78 is 13.0. The molecule has 0 radical (unpaired) electrons. The fourth-order valence-corrected chi connectivity index (χ4v) is 1.91. The minimum atomic E-state index is -0.428. The van der Waals surface area contributed by atoms with Crippen molar-refractivity contribution < 1.29 is 9.18 Å². The number of aromatic amines is 1. The first-order valence-corrected chi connectivity index (χ1v) is 6.17. The third-order valence-corrected chi connectivity index (χ3v) is 2.89. The molecule has 1 unspecified atom stereocenters. The molecule has 1 heterocycles. The van der Waals surface area contributed by atoms with Crippen molar-refractivity contribution in [1.82, 2.24) is 25.9 Å². The number of hydrogen-bond donors (Lipinski definition) is 2. The number of hydrogen-bond acceptors (Lipinski definition) is 4. The molecule has 0 fully saturated rings. The lowest BCUT2D eigenvalue weighted by atomic mass is 9.82. The maximum atomic E-state index is 13.0. The molecule has 0 bridgehead atoms. The number of nitrogens with one attached hydrogen (secondary N) is 2. The van der Waals surface area contributed by atoms with E-state index >= 15 is 0 Å². The van der Waals surface area contributed by atoms with E-state index in [-0.39, 0.29) is 23.1 Å².